The highest BCUT2D eigenvalue weighted by molar-refractivity contribution is 5.77. The van der Waals surface area contributed by atoms with Gasteiger partial charge in [-0.3, -0.25) is 0 Å². The van der Waals surface area contributed by atoms with E-state index in [2.05, 4.69) is 4.98 Å². The van der Waals surface area contributed by atoms with E-state index in [0.717, 1.165) is 0 Å². The fourth-order valence-electron chi connectivity index (χ4n) is 1.82. The van der Waals surface area contributed by atoms with Crippen molar-refractivity contribution in [1.29, 1.82) is 0 Å². The third kappa shape index (κ3) is 1.75. The number of nitrogens with zero attached hydrogens (tertiary/aromatic N) is 1. The van der Waals surface area contributed by atoms with Crippen molar-refractivity contribution in [3.63, 3.8) is 0 Å². The van der Waals surface area contributed by atoms with Gasteiger partial charge in [0.25, 0.3) is 0 Å². The van der Waals surface area contributed by atoms with Crippen molar-refractivity contribution in [3.8, 4) is 11.5 Å². The number of nitrogens with two attached hydrogens (primary N) is 2. The Hall–Kier alpha value is -2.56. The summed E-state index contributed by atoms with van der Waals surface area (Å²) in [6.07, 6.45) is 0. The molecule has 0 atom stereocenters. The van der Waals surface area contributed by atoms with Gasteiger partial charge in [0, 0.05) is 23.0 Å². The number of hydrogen-bond donors (Lipinski definition) is 2. The van der Waals surface area contributed by atoms with Crippen LogP contribution in [-0.4, -0.2) is 4.98 Å². The first-order valence-electron chi connectivity index (χ1n) is 5.34. The van der Waals surface area contributed by atoms with Gasteiger partial charge in [0.2, 0.25) is 5.89 Å². The van der Waals surface area contributed by atoms with Crippen molar-refractivity contribution in [1.82, 2.24) is 4.98 Å². The Morgan fingerprint density at radius 2 is 1.72 bits per heavy atom. The molecule has 1 heterocycles. The monoisotopic (exact) mass is 243 g/mol. The maximum absolute atomic E-state index is 13.1. The third-order valence-electron chi connectivity index (χ3n) is 2.57. The zero-order chi connectivity index (χ0) is 12.7. The van der Waals surface area contributed by atoms with Gasteiger partial charge < -0.3 is 15.9 Å². The molecule has 4 N–H and O–H groups in total. The van der Waals surface area contributed by atoms with Gasteiger partial charge in [-0.2, -0.15) is 0 Å². The van der Waals surface area contributed by atoms with E-state index in [-0.39, 0.29) is 5.82 Å². The smallest absolute Gasteiger partial charge is 0.227 e. The number of nitrogen functional groups attached to an aromatic ring is 2. The first kappa shape index (κ1) is 10.6. The van der Waals surface area contributed by atoms with Gasteiger partial charge in [-0.05, 0) is 30.3 Å². The molecule has 2 aromatic carbocycles. The predicted molar refractivity (Wildman–Crippen MR) is 68.2 cm³/mol. The second kappa shape index (κ2) is 3.73. The van der Waals surface area contributed by atoms with Gasteiger partial charge in [0.1, 0.15) is 11.3 Å². The molecule has 90 valence electrons. The quantitative estimate of drug-likeness (QED) is 0.644. The molecule has 3 rings (SSSR count). The zero-order valence-corrected chi connectivity index (χ0v) is 9.35. The molecule has 0 amide bonds. The summed E-state index contributed by atoms with van der Waals surface area (Å²) in [6, 6.07) is 9.24. The van der Waals surface area contributed by atoms with Gasteiger partial charge in [-0.15, -0.1) is 0 Å². The van der Waals surface area contributed by atoms with Crippen LogP contribution in [0.2, 0.25) is 0 Å². The highest BCUT2D eigenvalue weighted by atomic mass is 19.1. The minimum Gasteiger partial charge on any atom is -0.436 e. The van der Waals surface area contributed by atoms with E-state index in [9.17, 15) is 4.39 Å². The van der Waals surface area contributed by atoms with Gasteiger partial charge >= 0.3 is 0 Å². The maximum atomic E-state index is 13.1. The summed E-state index contributed by atoms with van der Waals surface area (Å²) in [5.41, 5.74) is 14.1. The van der Waals surface area contributed by atoms with Crippen LogP contribution in [0.5, 0.6) is 0 Å². The van der Waals surface area contributed by atoms with Crippen molar-refractivity contribution >= 4 is 22.5 Å². The van der Waals surface area contributed by atoms with E-state index in [4.69, 9.17) is 15.9 Å². The highest BCUT2D eigenvalue weighted by Crippen LogP contribution is 2.27. The van der Waals surface area contributed by atoms with E-state index in [1.165, 1.54) is 18.2 Å². The Labute approximate surface area is 102 Å². The molecule has 0 bridgehead atoms. The van der Waals surface area contributed by atoms with E-state index in [1.807, 2.05) is 0 Å². The van der Waals surface area contributed by atoms with E-state index < -0.39 is 0 Å². The predicted octanol–water partition coefficient (Wildman–Crippen LogP) is 2.80. The number of benzene rings is 2. The lowest BCUT2D eigenvalue weighted by Gasteiger charge is -2.00. The third-order valence-corrected chi connectivity index (χ3v) is 2.57. The lowest BCUT2D eigenvalue weighted by molar-refractivity contribution is 0.614. The van der Waals surface area contributed by atoms with Gasteiger partial charge in [-0.25, -0.2) is 9.37 Å². The average Bonchev–Trinajstić information content (AvgIpc) is 2.70. The molecule has 3 aromatic rings. The topological polar surface area (TPSA) is 78.1 Å². The number of fused-ring (bicyclic) bond motifs is 1. The van der Waals surface area contributed by atoms with Crippen LogP contribution in [0.3, 0.4) is 0 Å². The molecule has 0 aliphatic carbocycles. The van der Waals surface area contributed by atoms with Crippen LogP contribution in [0.25, 0.3) is 22.6 Å². The Morgan fingerprint density at radius 1 is 1.00 bits per heavy atom. The summed E-state index contributed by atoms with van der Waals surface area (Å²) in [6.45, 7) is 0. The molecule has 0 radical (unpaired) electrons. The fourth-order valence-corrected chi connectivity index (χ4v) is 1.82. The molecular weight excluding hydrogens is 233 g/mol. The summed E-state index contributed by atoms with van der Waals surface area (Å²) in [7, 11) is 0. The zero-order valence-electron chi connectivity index (χ0n) is 9.35. The Balaban J connectivity index is 2.19. The normalized spacial score (nSPS) is 10.9. The molecule has 18 heavy (non-hydrogen) atoms. The van der Waals surface area contributed by atoms with Crippen LogP contribution in [0.15, 0.2) is 40.8 Å². The molecule has 0 saturated carbocycles. The molecule has 0 fully saturated rings. The molecule has 0 aliphatic heterocycles. The van der Waals surface area contributed by atoms with Crippen LogP contribution in [0, 0.1) is 5.82 Å². The van der Waals surface area contributed by atoms with Gasteiger partial charge in [0.15, 0.2) is 5.58 Å². The lowest BCUT2D eigenvalue weighted by atomic mass is 10.2. The van der Waals surface area contributed by atoms with Crippen LogP contribution >= 0.6 is 0 Å². The summed E-state index contributed by atoms with van der Waals surface area (Å²) in [5.74, 6) is 0.0176. The molecule has 4 nitrogen and oxygen atoms in total. The average molecular weight is 243 g/mol. The van der Waals surface area contributed by atoms with Crippen LogP contribution in [-0.2, 0) is 0 Å². The van der Waals surface area contributed by atoms with Crippen LogP contribution < -0.4 is 11.5 Å². The van der Waals surface area contributed by atoms with Gasteiger partial charge in [0.05, 0.1) is 0 Å². The number of oxazole rings is 1. The van der Waals surface area contributed by atoms with E-state index in [1.54, 1.807) is 18.2 Å². The van der Waals surface area contributed by atoms with Crippen molar-refractivity contribution in [2.45, 2.75) is 0 Å². The van der Waals surface area contributed by atoms with Crippen molar-refractivity contribution in [3.05, 3.63) is 42.2 Å². The molecule has 0 saturated heterocycles. The van der Waals surface area contributed by atoms with Crippen LogP contribution in [0.4, 0.5) is 15.8 Å². The van der Waals surface area contributed by atoms with E-state index >= 15 is 0 Å². The first-order chi connectivity index (χ1) is 8.61. The van der Waals surface area contributed by atoms with Crippen molar-refractivity contribution in [2.75, 3.05) is 11.5 Å². The minimum atomic E-state index is -0.352. The number of anilines is 2. The van der Waals surface area contributed by atoms with Gasteiger partial charge in [-0.1, -0.05) is 0 Å². The Kier molecular flexibility index (Phi) is 2.19. The standard InChI is InChI=1S/C13H10FN3O/c14-8-1-2-12-11(5-8)17-13(18-12)7-3-9(15)6-10(16)4-7/h1-6H,15-16H2. The maximum Gasteiger partial charge on any atom is 0.227 e. The number of halogens is 1. The fraction of sp³-hybridized carbons (Fsp3) is 0. The number of rotatable bonds is 1. The van der Waals surface area contributed by atoms with Crippen molar-refractivity contribution in [2.24, 2.45) is 0 Å². The summed E-state index contributed by atoms with van der Waals surface area (Å²) in [5, 5.41) is 0. The number of aromatic nitrogens is 1. The number of hydrogen-bond acceptors (Lipinski definition) is 4. The minimum absolute atomic E-state index is 0.352. The SMILES string of the molecule is Nc1cc(N)cc(-c2nc3cc(F)ccc3o2)c1. The molecule has 5 heteroatoms. The highest BCUT2D eigenvalue weighted by Gasteiger charge is 2.09. The second-order valence-electron chi connectivity index (χ2n) is 4.02. The Bertz CT molecular complexity index is 716. The lowest BCUT2D eigenvalue weighted by Crippen LogP contribution is -1.91. The van der Waals surface area contributed by atoms with Crippen LogP contribution in [0.1, 0.15) is 0 Å². The molecule has 0 aliphatic rings. The summed E-state index contributed by atoms with van der Waals surface area (Å²) >= 11 is 0. The first-order valence-corrected chi connectivity index (χ1v) is 5.34. The van der Waals surface area contributed by atoms with E-state index in [0.29, 0.717) is 33.9 Å². The second-order valence-corrected chi connectivity index (χ2v) is 4.02. The summed E-state index contributed by atoms with van der Waals surface area (Å²) in [4.78, 5) is 4.21. The molecule has 0 spiro atoms. The largest absolute Gasteiger partial charge is 0.436 e. The Morgan fingerprint density at radius 3 is 2.44 bits per heavy atom. The molecule has 1 aromatic heterocycles. The molecular formula is C13H10FN3O. The van der Waals surface area contributed by atoms with Crippen molar-refractivity contribution < 1.29 is 8.81 Å². The summed E-state index contributed by atoms with van der Waals surface area (Å²) < 4.78 is 18.6. The molecule has 0 unspecified atom stereocenters.